The summed E-state index contributed by atoms with van der Waals surface area (Å²) >= 11 is 0. The van der Waals surface area contributed by atoms with Crippen molar-refractivity contribution >= 4 is 18.2 Å². The van der Waals surface area contributed by atoms with Crippen LogP contribution in [0.5, 0.6) is 23.0 Å². The number of Topliss-reactive ketones (excluding diaryl/α,β-unsaturated/α-hetero) is 1. The van der Waals surface area contributed by atoms with Gasteiger partial charge in [-0.1, -0.05) is 49.6 Å². The number of para-hydroxylation sites is 2. The van der Waals surface area contributed by atoms with E-state index < -0.39 is 15.3 Å². The van der Waals surface area contributed by atoms with Gasteiger partial charge in [-0.3, -0.25) is 9.98 Å². The minimum atomic E-state index is -1.75. The number of nitrogens with zero attached hydrogens (tertiary/aromatic N) is 5. The molecule has 2 aromatic carbocycles. The maximum absolute atomic E-state index is 12.1. The summed E-state index contributed by atoms with van der Waals surface area (Å²) in [7, 11) is 2.93. The number of hydrogen-bond acceptors (Lipinski definition) is 16. The molecule has 45 heavy (non-hydrogen) atoms. The molecule has 2 aromatic rings. The van der Waals surface area contributed by atoms with Gasteiger partial charge in [-0.05, 0) is 37.1 Å². The van der Waals surface area contributed by atoms with Crippen LogP contribution in [-0.2, 0) is 21.9 Å². The Kier molecular flexibility index (Phi) is 32.4. The Hall–Kier alpha value is -3.98. The molecule has 0 aromatic heterocycles. The molecule has 0 aliphatic heterocycles. The average molecular weight is 843 g/mol. The van der Waals surface area contributed by atoms with E-state index in [0.29, 0.717) is 35.7 Å². The number of benzene rings is 2. The third-order valence-corrected chi connectivity index (χ3v) is 3.96. The van der Waals surface area contributed by atoms with E-state index in [4.69, 9.17) is 55.4 Å². The Morgan fingerprint density at radius 2 is 0.978 bits per heavy atom. The first-order valence-electron chi connectivity index (χ1n) is 11.4. The van der Waals surface area contributed by atoms with Crippen LogP contribution in [0.15, 0.2) is 46.4 Å². The molecule has 0 atom stereocenters. The maximum Gasteiger partial charge on any atom is 3.00 e. The molecule has 0 heterocycles. The predicted molar refractivity (Wildman–Crippen MR) is 151 cm³/mol. The van der Waals surface area contributed by atoms with Gasteiger partial charge in [0.1, 0.15) is 17.3 Å². The van der Waals surface area contributed by atoms with Crippen LogP contribution >= 0.6 is 0 Å². The predicted octanol–water partition coefficient (Wildman–Crippen LogP) is 2.29. The minimum Gasteiger partial charge on any atom is -0.870 e. The molecule has 258 valence electrons. The molecule has 0 unspecified atom stereocenters. The zero-order chi connectivity index (χ0) is 34.2. The largest absolute Gasteiger partial charge is 3.00 e. The van der Waals surface area contributed by atoms with Gasteiger partial charge in [0.2, 0.25) is 0 Å². The van der Waals surface area contributed by atoms with Gasteiger partial charge >= 0.3 is 54.4 Å². The van der Waals surface area contributed by atoms with Gasteiger partial charge in [0.25, 0.3) is 0 Å². The second kappa shape index (κ2) is 28.8. The number of aliphatic imine (C=N–C) groups is 2. The quantitative estimate of drug-likeness (QED) is 0.159. The molecular weight excluding hydrogens is 813 g/mol. The van der Waals surface area contributed by atoms with Crippen LogP contribution in [0.4, 0.5) is 0 Å². The van der Waals surface area contributed by atoms with Gasteiger partial charge < -0.3 is 70.4 Å². The van der Waals surface area contributed by atoms with Crippen LogP contribution < -0.4 is 19.7 Å². The normalized spacial score (nSPS) is 9.38. The number of rotatable bonds is 8. The Balaban J connectivity index is -0.000000246. The molecule has 0 saturated heterocycles. The second-order valence-electron chi connectivity index (χ2n) is 8.44. The van der Waals surface area contributed by atoms with Gasteiger partial charge in [-0.25, -0.2) is 0 Å². The van der Waals surface area contributed by atoms with Crippen molar-refractivity contribution in [2.24, 2.45) is 15.4 Å². The molecule has 0 N–H and O–H groups in total. The van der Waals surface area contributed by atoms with Gasteiger partial charge in [0.05, 0.1) is 29.5 Å². The zero-order valence-electron chi connectivity index (χ0n) is 24.6. The van der Waals surface area contributed by atoms with Crippen molar-refractivity contribution < 1.29 is 94.1 Å². The summed E-state index contributed by atoms with van der Waals surface area (Å²) in [5, 5.41) is 68.4. The van der Waals surface area contributed by atoms with Crippen LogP contribution in [0.3, 0.4) is 0 Å². The number of carbonyl (C=O) groups excluding carboxylic acids is 1. The van der Waals surface area contributed by atoms with E-state index in [-0.39, 0.29) is 77.1 Å². The maximum atomic E-state index is 12.1. The zero-order valence-corrected chi connectivity index (χ0v) is 27.4. The molecule has 0 saturated carbocycles. The molecule has 0 aliphatic carbocycles. The van der Waals surface area contributed by atoms with Crippen molar-refractivity contribution in [1.29, 1.82) is 0 Å². The summed E-state index contributed by atoms with van der Waals surface area (Å²) in [6, 6.07) is 10.2. The fourth-order valence-corrected chi connectivity index (χ4v) is 2.42. The molecule has 19 nitrogen and oxygen atoms in total. The third-order valence-electron chi connectivity index (χ3n) is 3.96. The fourth-order valence-electron chi connectivity index (χ4n) is 2.42. The second-order valence-corrected chi connectivity index (χ2v) is 8.44. The summed E-state index contributed by atoms with van der Waals surface area (Å²) in [6.45, 7) is 8.08. The van der Waals surface area contributed by atoms with E-state index in [1.807, 2.05) is 13.8 Å². The van der Waals surface area contributed by atoms with Gasteiger partial charge in [0.15, 0.2) is 0 Å². The van der Waals surface area contributed by atoms with Crippen LogP contribution in [0.2, 0.25) is 0 Å². The third kappa shape index (κ3) is 32.8. The molecular formula is C24H30CuErN5O14. The Labute approximate surface area is 297 Å². The summed E-state index contributed by atoms with van der Waals surface area (Å²) in [6.07, 6.45) is 3.13. The molecule has 0 fully saturated rings. The first kappa shape index (κ1) is 50.6. The van der Waals surface area contributed by atoms with Crippen molar-refractivity contribution in [3.63, 3.8) is 0 Å². The molecule has 0 spiro atoms. The minimum absolute atomic E-state index is 0. The van der Waals surface area contributed by atoms with Crippen LogP contribution in [0, 0.1) is 88.7 Å². The first-order chi connectivity index (χ1) is 19.8. The molecule has 0 bridgehead atoms. The topological polar surface area (TPSA) is 305 Å². The van der Waals surface area contributed by atoms with Gasteiger partial charge in [-0.15, -0.1) is 0 Å². The SMILES string of the molecule is CC(C)=O.COc1cccc(C=NCC(C)(C)CN=Cc2cccc(OC)c2[O-])c1[O-].O=[N+]([O-])[O-].O=[N+]([O-])[O-].O=[N+]([O-])[O-].[Cu+2].[Er+3]. The smallest absolute Gasteiger partial charge is 0.870 e. The van der Waals surface area contributed by atoms with Gasteiger partial charge in [-0.2, -0.15) is 0 Å². The van der Waals surface area contributed by atoms with Gasteiger partial charge in [0, 0.05) is 30.9 Å². The summed E-state index contributed by atoms with van der Waals surface area (Å²) < 4.78 is 10.1. The van der Waals surface area contributed by atoms with E-state index in [9.17, 15) is 15.0 Å². The first-order valence-corrected chi connectivity index (χ1v) is 11.4. The average Bonchev–Trinajstić information content (AvgIpc) is 2.84. The summed E-state index contributed by atoms with van der Waals surface area (Å²) in [5.74, 6) is 0.408. The molecule has 21 heteroatoms. The van der Waals surface area contributed by atoms with E-state index in [1.165, 1.54) is 28.1 Å². The Bertz CT molecular complexity index is 1100. The monoisotopic (exact) mass is 841 g/mol. The Morgan fingerprint density at radius 1 is 0.733 bits per heavy atom. The fraction of sp³-hybridized carbons (Fsp3) is 0.375. The molecule has 0 aliphatic rings. The van der Waals surface area contributed by atoms with Crippen molar-refractivity contribution in [2.45, 2.75) is 27.7 Å². The van der Waals surface area contributed by atoms with Crippen LogP contribution in [0.25, 0.3) is 0 Å². The molecule has 2 radical (unpaired) electrons. The van der Waals surface area contributed by atoms with Crippen molar-refractivity contribution in [3.05, 3.63) is 93.5 Å². The standard InChI is InChI=1S/C21H26N2O4.C3H6O.Cu.Er.3NO3/c1-21(2,13-22-11-15-7-5-9-17(26-3)19(15)24)14-23-12-16-8-6-10-18(27-4)20(16)25;1-3(2)4;;;3*2-1(3)4/h5-12,24-25H,13-14H2,1-4H3;1-2H3;;;;;/q;;+2;+3;3*-1/p-2. The summed E-state index contributed by atoms with van der Waals surface area (Å²) in [5.41, 5.74) is 0.749. The molecule has 0 amide bonds. The number of ketones is 1. The Morgan fingerprint density at radius 3 is 1.20 bits per heavy atom. The van der Waals surface area contributed by atoms with Crippen LogP contribution in [-0.4, -0.2) is 60.8 Å². The number of methoxy groups -OCH3 is 2. The number of hydrogen-bond donors (Lipinski definition) is 0. The van der Waals surface area contributed by atoms with E-state index in [0.717, 1.165) is 0 Å². The van der Waals surface area contributed by atoms with E-state index in [1.54, 1.807) is 48.8 Å². The number of carbonyl (C=O) groups is 1. The summed E-state index contributed by atoms with van der Waals surface area (Å²) in [4.78, 5) is 43.0. The van der Waals surface area contributed by atoms with E-state index >= 15 is 0 Å². The van der Waals surface area contributed by atoms with Crippen LogP contribution in [0.1, 0.15) is 38.8 Å². The van der Waals surface area contributed by atoms with Crippen molar-refractivity contribution in [2.75, 3.05) is 27.3 Å². The van der Waals surface area contributed by atoms with E-state index in [2.05, 4.69) is 9.98 Å². The molecule has 2 rings (SSSR count). The van der Waals surface area contributed by atoms with Crippen molar-refractivity contribution in [1.82, 2.24) is 0 Å². The van der Waals surface area contributed by atoms with Crippen molar-refractivity contribution in [3.8, 4) is 23.0 Å². The number of ether oxygens (including phenoxy) is 2.